The van der Waals surface area contributed by atoms with E-state index in [0.717, 1.165) is 0 Å². The van der Waals surface area contributed by atoms with Crippen LogP contribution in [0.25, 0.3) is 0 Å². The number of carboxylic acids is 1. The fourth-order valence-electron chi connectivity index (χ4n) is 1.25. The molecule has 0 aliphatic carbocycles. The van der Waals surface area contributed by atoms with E-state index in [9.17, 15) is 14.4 Å². The average molecular weight is 300 g/mol. The molecule has 0 aromatic heterocycles. The molecular formula is C12H20N4O5. The summed E-state index contributed by atoms with van der Waals surface area (Å²) >= 11 is 0. The summed E-state index contributed by atoms with van der Waals surface area (Å²) in [7, 11) is 0. The van der Waals surface area contributed by atoms with Gasteiger partial charge in [0.25, 0.3) is 5.91 Å². The lowest BCUT2D eigenvalue weighted by Crippen LogP contribution is -2.39. The van der Waals surface area contributed by atoms with Gasteiger partial charge in [-0.15, -0.1) is 0 Å². The van der Waals surface area contributed by atoms with Gasteiger partial charge in [-0.25, -0.2) is 0 Å². The summed E-state index contributed by atoms with van der Waals surface area (Å²) in [6.45, 7) is 3.47. The summed E-state index contributed by atoms with van der Waals surface area (Å²) in [5.41, 5.74) is 5.33. The minimum absolute atomic E-state index is 0.204. The second-order valence-corrected chi connectivity index (χ2v) is 4.41. The maximum Gasteiger partial charge on any atom is 0.320 e. The lowest BCUT2D eigenvalue weighted by molar-refractivity contribution is -0.138. The fraction of sp³-hybridized carbons (Fsp3) is 0.583. The normalized spacial score (nSPS) is 17.8. The Morgan fingerprint density at radius 1 is 1.57 bits per heavy atom. The first-order valence-corrected chi connectivity index (χ1v) is 6.35. The molecule has 9 nitrogen and oxygen atoms in total. The van der Waals surface area contributed by atoms with Crippen LogP contribution in [0, 0.1) is 0 Å². The third kappa shape index (κ3) is 8.47. The summed E-state index contributed by atoms with van der Waals surface area (Å²) in [6.07, 6.45) is 1.27. The molecule has 0 saturated heterocycles. The molecule has 0 spiro atoms. The number of aliphatic imine (C=N–C) groups is 1. The van der Waals surface area contributed by atoms with E-state index in [1.807, 2.05) is 0 Å². The third-order valence-electron chi connectivity index (χ3n) is 2.41. The summed E-state index contributed by atoms with van der Waals surface area (Å²) < 4.78 is 0. The molecule has 1 unspecified atom stereocenters. The van der Waals surface area contributed by atoms with Gasteiger partial charge in [0.2, 0.25) is 0 Å². The summed E-state index contributed by atoms with van der Waals surface area (Å²) in [6, 6.07) is -1.12. The molecule has 118 valence electrons. The van der Waals surface area contributed by atoms with E-state index in [1.54, 1.807) is 6.92 Å². The maximum absolute atomic E-state index is 11.0. The second kappa shape index (κ2) is 9.59. The Morgan fingerprint density at radius 2 is 2.14 bits per heavy atom. The smallest absolute Gasteiger partial charge is 0.320 e. The van der Waals surface area contributed by atoms with Gasteiger partial charge in [0.05, 0.1) is 0 Å². The van der Waals surface area contributed by atoms with Crippen LogP contribution in [0.2, 0.25) is 0 Å². The van der Waals surface area contributed by atoms with Crippen molar-refractivity contribution in [3.05, 3.63) is 0 Å². The molecule has 9 heteroatoms. The Bertz CT molecular complexity index is 435. The molecule has 0 aromatic carbocycles. The molecule has 0 fully saturated rings. The van der Waals surface area contributed by atoms with Crippen molar-refractivity contribution in [1.82, 2.24) is 10.6 Å². The van der Waals surface area contributed by atoms with Crippen molar-refractivity contribution in [3.63, 3.8) is 0 Å². The van der Waals surface area contributed by atoms with Gasteiger partial charge >= 0.3 is 5.97 Å². The van der Waals surface area contributed by atoms with E-state index in [4.69, 9.17) is 15.6 Å². The number of aldehydes is 1. The van der Waals surface area contributed by atoms with Gasteiger partial charge in [-0.05, 0) is 19.8 Å². The number of Topliss-reactive ketones (excluding diaryl/α,β-unsaturated/α-hetero) is 1. The van der Waals surface area contributed by atoms with Crippen molar-refractivity contribution in [3.8, 4) is 0 Å². The SMILES string of the molecule is CC(=O)C=O.CC1NC(NCCC[C@H](N)C(=O)O)=NC1=O. The summed E-state index contributed by atoms with van der Waals surface area (Å²) in [5.74, 6) is -1.18. The zero-order valence-electron chi connectivity index (χ0n) is 12.0. The Morgan fingerprint density at radius 3 is 2.52 bits per heavy atom. The van der Waals surface area contributed by atoms with Crippen molar-refractivity contribution < 1.29 is 24.3 Å². The largest absolute Gasteiger partial charge is 0.480 e. The molecule has 0 radical (unpaired) electrons. The van der Waals surface area contributed by atoms with Crippen LogP contribution in [0.1, 0.15) is 26.7 Å². The van der Waals surface area contributed by atoms with Gasteiger partial charge in [0.15, 0.2) is 18.0 Å². The van der Waals surface area contributed by atoms with E-state index in [-0.39, 0.29) is 18.2 Å². The summed E-state index contributed by atoms with van der Waals surface area (Å²) in [4.78, 5) is 43.8. The highest BCUT2D eigenvalue weighted by atomic mass is 16.4. The van der Waals surface area contributed by atoms with Crippen molar-refractivity contribution in [2.75, 3.05) is 6.54 Å². The molecule has 0 saturated carbocycles. The van der Waals surface area contributed by atoms with E-state index >= 15 is 0 Å². The zero-order valence-corrected chi connectivity index (χ0v) is 12.0. The number of aliphatic carboxylic acids is 1. The summed E-state index contributed by atoms with van der Waals surface area (Å²) in [5, 5.41) is 14.3. The number of nitrogens with two attached hydrogens (primary N) is 1. The first-order valence-electron chi connectivity index (χ1n) is 6.35. The lowest BCUT2D eigenvalue weighted by Gasteiger charge is -2.09. The molecule has 1 rings (SSSR count). The Balaban J connectivity index is 0.000000690. The molecule has 21 heavy (non-hydrogen) atoms. The topological polar surface area (TPSA) is 151 Å². The molecule has 0 bridgehead atoms. The molecular weight excluding hydrogens is 280 g/mol. The Kier molecular flexibility index (Phi) is 8.54. The highest BCUT2D eigenvalue weighted by Gasteiger charge is 2.21. The molecule has 1 amide bonds. The zero-order chi connectivity index (χ0) is 16.4. The number of carbonyl (C=O) groups is 4. The average Bonchev–Trinajstić information content (AvgIpc) is 2.74. The first-order chi connectivity index (χ1) is 9.77. The minimum Gasteiger partial charge on any atom is -0.480 e. The highest BCUT2D eigenvalue weighted by molar-refractivity contribution is 6.23. The van der Waals surface area contributed by atoms with Gasteiger partial charge in [0, 0.05) is 13.5 Å². The molecule has 1 aliphatic heterocycles. The van der Waals surface area contributed by atoms with Gasteiger partial charge in [-0.2, -0.15) is 4.99 Å². The Labute approximate surface area is 122 Å². The maximum atomic E-state index is 11.0. The van der Waals surface area contributed by atoms with E-state index < -0.39 is 17.8 Å². The van der Waals surface area contributed by atoms with Crippen LogP contribution in [0.5, 0.6) is 0 Å². The molecule has 1 heterocycles. The van der Waals surface area contributed by atoms with Gasteiger partial charge in [0.1, 0.15) is 12.1 Å². The van der Waals surface area contributed by atoms with Crippen LogP contribution >= 0.6 is 0 Å². The number of carbonyl (C=O) groups excluding carboxylic acids is 3. The monoisotopic (exact) mass is 300 g/mol. The van der Waals surface area contributed by atoms with Crippen LogP contribution in [0.4, 0.5) is 0 Å². The number of hydrogen-bond donors (Lipinski definition) is 4. The number of hydrogen-bond acceptors (Lipinski definition) is 7. The van der Waals surface area contributed by atoms with E-state index in [1.165, 1.54) is 6.92 Å². The van der Waals surface area contributed by atoms with Gasteiger partial charge < -0.3 is 21.5 Å². The highest BCUT2D eigenvalue weighted by Crippen LogP contribution is 1.97. The minimum atomic E-state index is -1.000. The van der Waals surface area contributed by atoms with Crippen LogP contribution in [0.3, 0.4) is 0 Å². The van der Waals surface area contributed by atoms with Crippen molar-refractivity contribution in [1.29, 1.82) is 0 Å². The standard InChI is InChI=1S/C9H16N4O3.C3H4O2/c1-5-7(14)13-9(12-5)11-4-2-3-6(10)8(15)16;1-3(5)2-4/h5-6H,2-4,10H2,1H3,(H,15,16)(H2,11,12,13,14);2H,1H3/t5?,6-;/m0./s1. The quantitative estimate of drug-likeness (QED) is 0.260. The van der Waals surface area contributed by atoms with Crippen molar-refractivity contribution in [2.45, 2.75) is 38.8 Å². The number of nitrogens with zero attached hydrogens (tertiary/aromatic N) is 1. The van der Waals surface area contributed by atoms with E-state index in [2.05, 4.69) is 15.6 Å². The Hall–Kier alpha value is -2.29. The lowest BCUT2D eigenvalue weighted by atomic mass is 10.2. The number of rotatable bonds is 6. The third-order valence-corrected chi connectivity index (χ3v) is 2.41. The number of guanidine groups is 1. The predicted molar refractivity (Wildman–Crippen MR) is 74.6 cm³/mol. The van der Waals surface area contributed by atoms with Crippen LogP contribution in [0.15, 0.2) is 4.99 Å². The second-order valence-electron chi connectivity index (χ2n) is 4.41. The van der Waals surface area contributed by atoms with Gasteiger partial charge in [-0.3, -0.25) is 19.2 Å². The first kappa shape index (κ1) is 18.7. The van der Waals surface area contributed by atoms with Crippen LogP contribution in [-0.4, -0.2) is 53.6 Å². The molecule has 0 aromatic rings. The molecule has 2 atom stereocenters. The number of nitrogens with one attached hydrogen (secondary N) is 2. The van der Waals surface area contributed by atoms with Crippen LogP contribution < -0.4 is 16.4 Å². The molecule has 5 N–H and O–H groups in total. The fourth-order valence-corrected chi connectivity index (χ4v) is 1.25. The van der Waals surface area contributed by atoms with Gasteiger partial charge in [-0.1, -0.05) is 0 Å². The number of carboxylic acid groups (broad SMARTS) is 1. The number of ketones is 1. The van der Waals surface area contributed by atoms with Crippen molar-refractivity contribution >= 4 is 29.9 Å². The number of amides is 1. The molecule has 1 aliphatic rings. The predicted octanol–water partition coefficient (Wildman–Crippen LogP) is -1.58. The van der Waals surface area contributed by atoms with E-state index in [0.29, 0.717) is 25.3 Å². The van der Waals surface area contributed by atoms with Crippen molar-refractivity contribution in [2.24, 2.45) is 10.7 Å². The van der Waals surface area contributed by atoms with Crippen LogP contribution in [-0.2, 0) is 19.2 Å².